The van der Waals surface area contributed by atoms with Crippen molar-refractivity contribution >= 4 is 10.0 Å². The molecule has 96 valence electrons. The summed E-state index contributed by atoms with van der Waals surface area (Å²) < 4.78 is 25.6. The van der Waals surface area contributed by atoms with Crippen LogP contribution < -0.4 is 5.32 Å². The second kappa shape index (κ2) is 6.57. The van der Waals surface area contributed by atoms with Gasteiger partial charge in [-0.3, -0.25) is 0 Å². The minimum absolute atomic E-state index is 0.309. The number of sulfonamides is 1. The first kappa shape index (κ1) is 13.9. The zero-order valence-corrected chi connectivity index (χ0v) is 11.2. The van der Waals surface area contributed by atoms with Crippen LogP contribution in [0.2, 0.25) is 0 Å². The van der Waals surface area contributed by atoms with Gasteiger partial charge in [0.15, 0.2) is 0 Å². The molecular weight excluding hydrogens is 224 g/mol. The first-order valence-corrected chi connectivity index (χ1v) is 7.79. The van der Waals surface area contributed by atoms with Gasteiger partial charge in [0.25, 0.3) is 0 Å². The molecular formula is C11H24N2O2S. The van der Waals surface area contributed by atoms with Crippen LogP contribution in [0.25, 0.3) is 0 Å². The average molecular weight is 248 g/mol. The predicted molar refractivity (Wildman–Crippen MR) is 66.9 cm³/mol. The van der Waals surface area contributed by atoms with Crippen LogP contribution in [0.4, 0.5) is 0 Å². The van der Waals surface area contributed by atoms with Gasteiger partial charge in [0.05, 0.1) is 5.75 Å². The third kappa shape index (κ3) is 4.39. The van der Waals surface area contributed by atoms with Gasteiger partial charge < -0.3 is 5.32 Å². The molecule has 0 aromatic carbocycles. The Morgan fingerprint density at radius 3 is 2.44 bits per heavy atom. The molecule has 1 N–H and O–H groups in total. The monoisotopic (exact) mass is 248 g/mol. The van der Waals surface area contributed by atoms with E-state index < -0.39 is 10.0 Å². The fourth-order valence-corrected chi connectivity index (χ4v) is 3.57. The van der Waals surface area contributed by atoms with Crippen LogP contribution in [0.1, 0.15) is 32.6 Å². The number of hydrogen-bond acceptors (Lipinski definition) is 3. The summed E-state index contributed by atoms with van der Waals surface area (Å²) in [6, 6.07) is 0. The second-order valence-corrected chi connectivity index (χ2v) is 6.80. The van der Waals surface area contributed by atoms with Gasteiger partial charge in [-0.2, -0.15) is 0 Å². The molecule has 4 nitrogen and oxygen atoms in total. The van der Waals surface area contributed by atoms with Gasteiger partial charge in [-0.1, -0.05) is 6.92 Å². The highest BCUT2D eigenvalue weighted by Crippen LogP contribution is 2.19. The van der Waals surface area contributed by atoms with Crippen molar-refractivity contribution in [2.24, 2.45) is 5.92 Å². The van der Waals surface area contributed by atoms with E-state index in [4.69, 9.17) is 0 Å². The number of piperidine rings is 1. The van der Waals surface area contributed by atoms with E-state index in [1.807, 2.05) is 7.05 Å². The third-order valence-electron chi connectivity index (χ3n) is 3.22. The van der Waals surface area contributed by atoms with Crippen molar-refractivity contribution in [1.82, 2.24) is 9.62 Å². The molecule has 0 amide bonds. The molecule has 0 aromatic rings. The molecule has 0 spiro atoms. The van der Waals surface area contributed by atoms with Crippen molar-refractivity contribution in [3.8, 4) is 0 Å². The summed E-state index contributed by atoms with van der Waals surface area (Å²) in [5.74, 6) is 0.985. The summed E-state index contributed by atoms with van der Waals surface area (Å²) in [5, 5.41) is 3.03. The van der Waals surface area contributed by atoms with Crippen LogP contribution in [0.5, 0.6) is 0 Å². The molecule has 1 aliphatic rings. The van der Waals surface area contributed by atoms with Gasteiger partial charge in [0, 0.05) is 13.1 Å². The zero-order chi connectivity index (χ0) is 12.0. The van der Waals surface area contributed by atoms with Crippen LogP contribution in [-0.2, 0) is 10.0 Å². The standard InChI is InChI=1S/C11H24N2O2S/c1-11-5-8-13(9-6-11)16(14,15)10-4-3-7-12-2/h11-12H,3-10H2,1-2H3. The summed E-state index contributed by atoms with van der Waals surface area (Å²) in [4.78, 5) is 0. The van der Waals surface area contributed by atoms with Gasteiger partial charge >= 0.3 is 0 Å². The molecule has 0 bridgehead atoms. The Balaban J connectivity index is 2.33. The van der Waals surface area contributed by atoms with Crippen LogP contribution >= 0.6 is 0 Å². The Morgan fingerprint density at radius 1 is 1.25 bits per heavy atom. The highest BCUT2D eigenvalue weighted by Gasteiger charge is 2.25. The van der Waals surface area contributed by atoms with Crippen molar-refractivity contribution in [3.63, 3.8) is 0 Å². The molecule has 1 rings (SSSR count). The number of hydrogen-bond donors (Lipinski definition) is 1. The lowest BCUT2D eigenvalue weighted by Crippen LogP contribution is -2.39. The maximum atomic E-state index is 12.0. The number of nitrogens with one attached hydrogen (secondary N) is 1. The van der Waals surface area contributed by atoms with Crippen LogP contribution in [0.15, 0.2) is 0 Å². The fraction of sp³-hybridized carbons (Fsp3) is 1.00. The Bertz CT molecular complexity index is 282. The van der Waals surface area contributed by atoms with E-state index >= 15 is 0 Å². The van der Waals surface area contributed by atoms with E-state index in [1.165, 1.54) is 0 Å². The molecule has 0 aliphatic carbocycles. The fourth-order valence-electron chi connectivity index (χ4n) is 1.98. The Hall–Kier alpha value is -0.130. The lowest BCUT2D eigenvalue weighted by Gasteiger charge is -2.29. The lowest BCUT2D eigenvalue weighted by atomic mass is 10.0. The van der Waals surface area contributed by atoms with Crippen molar-refractivity contribution in [2.45, 2.75) is 32.6 Å². The highest BCUT2D eigenvalue weighted by atomic mass is 32.2. The molecule has 1 fully saturated rings. The summed E-state index contributed by atoms with van der Waals surface area (Å²) in [5.41, 5.74) is 0. The van der Waals surface area contributed by atoms with Crippen LogP contribution in [-0.4, -0.2) is 45.2 Å². The maximum absolute atomic E-state index is 12.0. The minimum atomic E-state index is -2.98. The van der Waals surface area contributed by atoms with E-state index in [1.54, 1.807) is 4.31 Å². The quantitative estimate of drug-likeness (QED) is 0.715. The van der Waals surface area contributed by atoms with Crippen molar-refractivity contribution < 1.29 is 8.42 Å². The minimum Gasteiger partial charge on any atom is -0.320 e. The smallest absolute Gasteiger partial charge is 0.214 e. The lowest BCUT2D eigenvalue weighted by molar-refractivity contribution is 0.288. The van der Waals surface area contributed by atoms with E-state index in [0.29, 0.717) is 11.7 Å². The molecule has 1 aliphatic heterocycles. The molecule has 1 heterocycles. The number of nitrogens with zero attached hydrogens (tertiary/aromatic N) is 1. The Kier molecular flexibility index (Phi) is 5.72. The van der Waals surface area contributed by atoms with Crippen molar-refractivity contribution in [3.05, 3.63) is 0 Å². The van der Waals surface area contributed by atoms with Gasteiger partial charge in [0.2, 0.25) is 10.0 Å². The molecule has 0 saturated carbocycles. The average Bonchev–Trinajstić information content (AvgIpc) is 2.25. The van der Waals surface area contributed by atoms with E-state index in [-0.39, 0.29) is 0 Å². The molecule has 1 saturated heterocycles. The van der Waals surface area contributed by atoms with Gasteiger partial charge in [0.1, 0.15) is 0 Å². The van der Waals surface area contributed by atoms with Crippen LogP contribution in [0, 0.1) is 5.92 Å². The predicted octanol–water partition coefficient (Wildman–Crippen LogP) is 1.05. The van der Waals surface area contributed by atoms with E-state index in [9.17, 15) is 8.42 Å². The normalized spacial score (nSPS) is 20.1. The molecule has 0 atom stereocenters. The Morgan fingerprint density at radius 2 is 1.88 bits per heavy atom. The maximum Gasteiger partial charge on any atom is 0.214 e. The molecule has 16 heavy (non-hydrogen) atoms. The molecule has 0 radical (unpaired) electrons. The van der Waals surface area contributed by atoms with Crippen molar-refractivity contribution in [1.29, 1.82) is 0 Å². The summed E-state index contributed by atoms with van der Waals surface area (Å²) in [6.07, 6.45) is 3.71. The highest BCUT2D eigenvalue weighted by molar-refractivity contribution is 7.89. The van der Waals surface area contributed by atoms with Gasteiger partial charge in [-0.15, -0.1) is 0 Å². The van der Waals surface area contributed by atoms with E-state index in [0.717, 1.165) is 45.3 Å². The molecule has 0 aromatic heterocycles. The van der Waals surface area contributed by atoms with Crippen molar-refractivity contribution in [2.75, 3.05) is 32.4 Å². The Labute approximate surface area is 99.5 Å². The first-order valence-electron chi connectivity index (χ1n) is 6.18. The van der Waals surface area contributed by atoms with E-state index in [2.05, 4.69) is 12.2 Å². The number of unbranched alkanes of at least 4 members (excludes halogenated alkanes) is 1. The molecule has 5 heteroatoms. The largest absolute Gasteiger partial charge is 0.320 e. The summed E-state index contributed by atoms with van der Waals surface area (Å²) in [7, 11) is -1.09. The van der Waals surface area contributed by atoms with Crippen LogP contribution in [0.3, 0.4) is 0 Å². The summed E-state index contributed by atoms with van der Waals surface area (Å²) in [6.45, 7) is 4.52. The third-order valence-corrected chi connectivity index (χ3v) is 5.17. The van der Waals surface area contributed by atoms with Gasteiger partial charge in [-0.05, 0) is 45.2 Å². The number of rotatable bonds is 6. The SMILES string of the molecule is CNCCCCS(=O)(=O)N1CCC(C)CC1. The van der Waals surface area contributed by atoms with Gasteiger partial charge in [-0.25, -0.2) is 12.7 Å². The topological polar surface area (TPSA) is 49.4 Å². The first-order chi connectivity index (χ1) is 7.56. The molecule has 0 unspecified atom stereocenters. The summed E-state index contributed by atoms with van der Waals surface area (Å²) >= 11 is 0. The second-order valence-electron chi connectivity index (χ2n) is 4.71. The zero-order valence-electron chi connectivity index (χ0n) is 10.4.